The van der Waals surface area contributed by atoms with Crippen LogP contribution in [0, 0.1) is 0 Å². The highest BCUT2D eigenvalue weighted by molar-refractivity contribution is 8.00. The molecule has 0 aliphatic heterocycles. The fourth-order valence-electron chi connectivity index (χ4n) is 4.56. The summed E-state index contributed by atoms with van der Waals surface area (Å²) in [5.74, 6) is -0.526. The predicted molar refractivity (Wildman–Crippen MR) is 194 cm³/mol. The second-order valence-corrected chi connectivity index (χ2v) is 11.8. The molecule has 0 aliphatic carbocycles. The average molecular weight is 671 g/mol. The normalized spacial score (nSPS) is 10.8. The fraction of sp³-hybridized carbons (Fsp3) is 0.0769. The molecule has 0 radical (unpaired) electrons. The van der Waals surface area contributed by atoms with E-state index in [0.717, 1.165) is 10.5 Å². The first kappa shape index (κ1) is 34.2. The minimum Gasteiger partial charge on any atom is -0.489 e. The van der Waals surface area contributed by atoms with Crippen LogP contribution in [0.1, 0.15) is 28.4 Å². The summed E-state index contributed by atoms with van der Waals surface area (Å²) in [7, 11) is 0. The van der Waals surface area contributed by atoms with Crippen molar-refractivity contribution in [3.05, 3.63) is 156 Å². The van der Waals surface area contributed by atoms with Crippen molar-refractivity contribution in [2.75, 3.05) is 21.7 Å². The Balaban J connectivity index is 1.23. The number of nitrogens with one attached hydrogen (secondary N) is 4. The number of benzene rings is 5. The van der Waals surface area contributed by atoms with Crippen molar-refractivity contribution < 1.29 is 23.9 Å². The van der Waals surface area contributed by atoms with Gasteiger partial charge in [-0.3, -0.25) is 19.2 Å². The molecule has 0 aliphatic rings. The first-order valence-corrected chi connectivity index (χ1v) is 16.4. The number of anilines is 3. The van der Waals surface area contributed by atoms with Crippen molar-refractivity contribution in [3.63, 3.8) is 0 Å². The van der Waals surface area contributed by atoms with E-state index in [1.807, 2.05) is 54.6 Å². The monoisotopic (exact) mass is 670 g/mol. The summed E-state index contributed by atoms with van der Waals surface area (Å²) in [5.41, 5.74) is 3.93. The van der Waals surface area contributed by atoms with Crippen LogP contribution in [0.2, 0.25) is 0 Å². The lowest BCUT2D eigenvalue weighted by molar-refractivity contribution is -0.114. The van der Waals surface area contributed by atoms with E-state index in [4.69, 9.17) is 4.74 Å². The molecule has 0 spiro atoms. The summed E-state index contributed by atoms with van der Waals surface area (Å²) in [4.78, 5) is 51.2. The van der Waals surface area contributed by atoms with E-state index in [1.165, 1.54) is 18.7 Å². The van der Waals surface area contributed by atoms with Gasteiger partial charge in [-0.1, -0.05) is 66.7 Å². The van der Waals surface area contributed by atoms with Crippen LogP contribution in [0.25, 0.3) is 6.08 Å². The van der Waals surface area contributed by atoms with Gasteiger partial charge in [0.1, 0.15) is 18.1 Å². The van der Waals surface area contributed by atoms with Crippen molar-refractivity contribution >= 4 is 58.5 Å². The van der Waals surface area contributed by atoms with Gasteiger partial charge >= 0.3 is 0 Å². The van der Waals surface area contributed by atoms with E-state index < -0.39 is 11.8 Å². The first-order chi connectivity index (χ1) is 23.8. The number of amides is 4. The molecule has 4 amide bonds. The van der Waals surface area contributed by atoms with Crippen molar-refractivity contribution in [2.24, 2.45) is 0 Å². The molecule has 5 aromatic carbocycles. The molecule has 0 saturated carbocycles. The van der Waals surface area contributed by atoms with E-state index in [9.17, 15) is 19.2 Å². The van der Waals surface area contributed by atoms with E-state index in [2.05, 4.69) is 21.3 Å². The van der Waals surface area contributed by atoms with Gasteiger partial charge in [-0.05, 0) is 83.9 Å². The maximum Gasteiger partial charge on any atom is 0.272 e. The van der Waals surface area contributed by atoms with Crippen LogP contribution in [0.3, 0.4) is 0 Å². The van der Waals surface area contributed by atoms with Crippen LogP contribution in [0.15, 0.2) is 144 Å². The molecule has 49 heavy (non-hydrogen) atoms. The smallest absolute Gasteiger partial charge is 0.272 e. The van der Waals surface area contributed by atoms with Crippen LogP contribution < -0.4 is 26.0 Å². The fourth-order valence-corrected chi connectivity index (χ4v) is 5.31. The zero-order valence-electron chi connectivity index (χ0n) is 26.6. The summed E-state index contributed by atoms with van der Waals surface area (Å²) in [6, 6.07) is 39.6. The molecule has 0 unspecified atom stereocenters. The Morgan fingerprint density at radius 1 is 0.673 bits per heavy atom. The first-order valence-electron chi connectivity index (χ1n) is 15.4. The maximum atomic E-state index is 13.6. The third-order valence-corrected chi connectivity index (χ3v) is 7.91. The van der Waals surface area contributed by atoms with E-state index in [1.54, 1.807) is 84.9 Å². The van der Waals surface area contributed by atoms with Crippen LogP contribution >= 0.6 is 11.8 Å². The second kappa shape index (κ2) is 17.1. The standard InChI is InChI=1S/C39H34N4O5S/c1-27(44)40-31-17-19-32(20-18-31)41-37(45)26-49-35-14-8-13-33(24-35)42-39(47)36(43-38(46)30-11-6-3-7-12-30)23-28-15-21-34(22-16-28)48-25-29-9-4-2-5-10-29/h2-24H,25-26H2,1H3,(H,40,44)(H,41,45)(H,42,47)(H,43,46)/b36-23-. The highest BCUT2D eigenvalue weighted by Gasteiger charge is 2.16. The minimum atomic E-state index is -0.517. The molecule has 246 valence electrons. The van der Waals surface area contributed by atoms with Crippen molar-refractivity contribution in [2.45, 2.75) is 18.4 Å². The third-order valence-electron chi connectivity index (χ3n) is 6.92. The van der Waals surface area contributed by atoms with Gasteiger partial charge in [-0.25, -0.2) is 0 Å². The third kappa shape index (κ3) is 11.0. The Morgan fingerprint density at radius 2 is 1.33 bits per heavy atom. The van der Waals surface area contributed by atoms with E-state index in [-0.39, 0.29) is 23.3 Å². The molecule has 10 heteroatoms. The van der Waals surface area contributed by atoms with Gasteiger partial charge in [0, 0.05) is 34.4 Å². The summed E-state index contributed by atoms with van der Waals surface area (Å²) >= 11 is 1.31. The minimum absolute atomic E-state index is 0.0498. The quantitative estimate of drug-likeness (QED) is 0.0766. The van der Waals surface area contributed by atoms with Crippen molar-refractivity contribution in [1.29, 1.82) is 0 Å². The molecular formula is C39H34N4O5S. The number of carbonyl (C=O) groups is 4. The Kier molecular flexibility index (Phi) is 12.0. The highest BCUT2D eigenvalue weighted by atomic mass is 32.2. The highest BCUT2D eigenvalue weighted by Crippen LogP contribution is 2.23. The molecule has 0 heterocycles. The van der Waals surface area contributed by atoms with Gasteiger partial charge in [-0.15, -0.1) is 11.8 Å². The Hall–Kier alpha value is -6.13. The average Bonchev–Trinajstić information content (AvgIpc) is 3.11. The van der Waals surface area contributed by atoms with Crippen molar-refractivity contribution in [1.82, 2.24) is 5.32 Å². The number of hydrogen-bond donors (Lipinski definition) is 4. The lowest BCUT2D eigenvalue weighted by Gasteiger charge is -2.13. The second-order valence-electron chi connectivity index (χ2n) is 10.8. The molecule has 5 rings (SSSR count). The maximum absolute atomic E-state index is 13.6. The molecule has 9 nitrogen and oxygen atoms in total. The summed E-state index contributed by atoms with van der Waals surface area (Å²) in [5, 5.41) is 11.1. The number of hydrogen-bond acceptors (Lipinski definition) is 6. The Labute approximate surface area is 288 Å². The zero-order chi connectivity index (χ0) is 34.4. The van der Waals surface area contributed by atoms with Crippen LogP contribution in [0.5, 0.6) is 5.75 Å². The summed E-state index contributed by atoms with van der Waals surface area (Å²) in [6.07, 6.45) is 1.60. The molecule has 5 aromatic rings. The van der Waals surface area contributed by atoms with Gasteiger partial charge in [0.2, 0.25) is 11.8 Å². The van der Waals surface area contributed by atoms with Crippen LogP contribution in [-0.2, 0) is 21.0 Å². The lowest BCUT2D eigenvalue weighted by Crippen LogP contribution is -2.30. The van der Waals surface area contributed by atoms with Gasteiger partial charge in [-0.2, -0.15) is 0 Å². The molecule has 4 N–H and O–H groups in total. The number of ether oxygens (including phenoxy) is 1. The predicted octanol–water partition coefficient (Wildman–Crippen LogP) is 7.36. The Morgan fingerprint density at radius 3 is 2.00 bits per heavy atom. The van der Waals surface area contributed by atoms with E-state index >= 15 is 0 Å². The zero-order valence-corrected chi connectivity index (χ0v) is 27.5. The van der Waals surface area contributed by atoms with Gasteiger partial charge in [0.05, 0.1) is 5.75 Å². The van der Waals surface area contributed by atoms with Crippen LogP contribution in [-0.4, -0.2) is 29.4 Å². The number of thioether (sulfide) groups is 1. The number of rotatable bonds is 13. The number of carbonyl (C=O) groups excluding carboxylic acids is 4. The van der Waals surface area contributed by atoms with Gasteiger partial charge in [0.15, 0.2) is 0 Å². The van der Waals surface area contributed by atoms with Crippen LogP contribution in [0.4, 0.5) is 17.1 Å². The summed E-state index contributed by atoms with van der Waals surface area (Å²) < 4.78 is 5.88. The lowest BCUT2D eigenvalue weighted by atomic mass is 10.1. The van der Waals surface area contributed by atoms with Gasteiger partial charge in [0.25, 0.3) is 11.8 Å². The van der Waals surface area contributed by atoms with Crippen molar-refractivity contribution in [3.8, 4) is 5.75 Å². The molecule has 0 bridgehead atoms. The SMILES string of the molecule is CC(=O)Nc1ccc(NC(=O)CSc2cccc(NC(=O)/C(=C/c3ccc(OCc4ccccc4)cc3)NC(=O)c3ccccc3)c2)cc1. The molecule has 0 fully saturated rings. The summed E-state index contributed by atoms with van der Waals surface area (Å²) in [6.45, 7) is 1.85. The van der Waals surface area contributed by atoms with E-state index in [0.29, 0.717) is 40.5 Å². The molecule has 0 aromatic heterocycles. The largest absolute Gasteiger partial charge is 0.489 e. The topological polar surface area (TPSA) is 126 Å². The molecule has 0 atom stereocenters. The molecular weight excluding hydrogens is 637 g/mol. The Bertz CT molecular complexity index is 1930. The molecule has 0 saturated heterocycles. The van der Waals surface area contributed by atoms with Gasteiger partial charge < -0.3 is 26.0 Å².